The second kappa shape index (κ2) is 10.7. The first-order valence-corrected chi connectivity index (χ1v) is 6.40. The Morgan fingerprint density at radius 3 is 2.06 bits per heavy atom. The topological polar surface area (TPSA) is 52.6 Å². The van der Waals surface area contributed by atoms with E-state index >= 15 is 0 Å². The summed E-state index contributed by atoms with van der Waals surface area (Å²) >= 11 is 0. The van der Waals surface area contributed by atoms with Crippen molar-refractivity contribution in [1.29, 1.82) is 0 Å². The number of nitrogens with zero attached hydrogens (tertiary/aromatic N) is 1. The molecule has 4 nitrogen and oxygen atoms in total. The lowest BCUT2D eigenvalue weighted by Crippen LogP contribution is -2.35. The van der Waals surface area contributed by atoms with Gasteiger partial charge < -0.3 is 5.32 Å². The average Bonchev–Trinajstić information content (AvgIpc) is 2.31. The molecule has 0 aromatic carbocycles. The number of urea groups is 1. The molecule has 0 atom stereocenters. The summed E-state index contributed by atoms with van der Waals surface area (Å²) in [6.07, 6.45) is 9.69. The lowest BCUT2D eigenvalue weighted by molar-refractivity contribution is -0.0434. The van der Waals surface area contributed by atoms with Gasteiger partial charge in [0, 0.05) is 7.05 Å². The maximum Gasteiger partial charge on any atom is 0.340 e. The molecule has 0 radical (unpaired) electrons. The van der Waals surface area contributed by atoms with Crippen molar-refractivity contribution in [2.45, 2.75) is 58.3 Å². The lowest BCUT2D eigenvalue weighted by Gasteiger charge is -2.13. The standard InChI is InChI=1S/C12H26N2O2/c1-3-4-5-6-7-8-9-10-11-14(16)12(15)13-2/h16H,3-11H2,1-2H3,(H,13,15). The number of nitrogens with one attached hydrogen (secondary N) is 1. The monoisotopic (exact) mass is 230 g/mol. The Labute approximate surface area is 99.0 Å². The van der Waals surface area contributed by atoms with E-state index in [4.69, 9.17) is 0 Å². The molecule has 0 unspecified atom stereocenters. The zero-order chi connectivity index (χ0) is 12.2. The molecule has 0 fully saturated rings. The van der Waals surface area contributed by atoms with Crippen LogP contribution in [0.15, 0.2) is 0 Å². The number of carbonyl (C=O) groups is 1. The van der Waals surface area contributed by atoms with E-state index in [9.17, 15) is 10.0 Å². The summed E-state index contributed by atoms with van der Waals surface area (Å²) in [5.41, 5.74) is 0. The van der Waals surface area contributed by atoms with Gasteiger partial charge in [-0.15, -0.1) is 0 Å². The normalized spacial score (nSPS) is 10.2. The zero-order valence-corrected chi connectivity index (χ0v) is 10.7. The lowest BCUT2D eigenvalue weighted by atomic mass is 10.1. The predicted molar refractivity (Wildman–Crippen MR) is 65.6 cm³/mol. The van der Waals surface area contributed by atoms with Gasteiger partial charge in [-0.1, -0.05) is 51.9 Å². The molecule has 0 aliphatic rings. The third-order valence-electron chi connectivity index (χ3n) is 2.67. The fraction of sp³-hybridized carbons (Fsp3) is 0.917. The van der Waals surface area contributed by atoms with Crippen LogP contribution < -0.4 is 5.32 Å². The molecule has 2 N–H and O–H groups in total. The van der Waals surface area contributed by atoms with Crippen LogP contribution in [0.4, 0.5) is 4.79 Å². The minimum absolute atomic E-state index is 0.425. The zero-order valence-electron chi connectivity index (χ0n) is 10.7. The van der Waals surface area contributed by atoms with Crippen LogP contribution in [0.5, 0.6) is 0 Å². The van der Waals surface area contributed by atoms with E-state index in [0.717, 1.165) is 17.9 Å². The molecular weight excluding hydrogens is 204 g/mol. The number of unbranched alkanes of at least 4 members (excludes halogenated alkanes) is 7. The van der Waals surface area contributed by atoms with Crippen LogP contribution in [0.2, 0.25) is 0 Å². The second-order valence-electron chi connectivity index (χ2n) is 4.15. The quantitative estimate of drug-likeness (QED) is 0.363. The van der Waals surface area contributed by atoms with E-state index in [2.05, 4.69) is 12.2 Å². The Bertz CT molecular complexity index is 174. The molecule has 0 heterocycles. The SMILES string of the molecule is CCCCCCCCCCN(O)C(=O)NC. The fourth-order valence-electron chi connectivity index (χ4n) is 1.63. The van der Waals surface area contributed by atoms with Gasteiger partial charge in [-0.3, -0.25) is 5.21 Å². The van der Waals surface area contributed by atoms with Crippen molar-refractivity contribution in [1.82, 2.24) is 10.4 Å². The van der Waals surface area contributed by atoms with Crippen molar-refractivity contribution >= 4 is 6.03 Å². The van der Waals surface area contributed by atoms with Gasteiger partial charge in [0.25, 0.3) is 0 Å². The molecule has 96 valence electrons. The predicted octanol–water partition coefficient (Wildman–Crippen LogP) is 3.16. The maximum atomic E-state index is 10.9. The van der Waals surface area contributed by atoms with Gasteiger partial charge in [-0.2, -0.15) is 0 Å². The summed E-state index contributed by atoms with van der Waals surface area (Å²) in [5, 5.41) is 12.3. The van der Waals surface area contributed by atoms with E-state index in [0.29, 0.717) is 6.54 Å². The van der Waals surface area contributed by atoms with Gasteiger partial charge in [0.2, 0.25) is 0 Å². The first kappa shape index (κ1) is 15.2. The van der Waals surface area contributed by atoms with Crippen molar-refractivity contribution in [3.63, 3.8) is 0 Å². The van der Waals surface area contributed by atoms with Crippen LogP contribution in [0, 0.1) is 0 Å². The number of rotatable bonds is 9. The summed E-state index contributed by atoms with van der Waals surface area (Å²) in [6.45, 7) is 2.64. The van der Waals surface area contributed by atoms with E-state index in [1.54, 1.807) is 0 Å². The minimum Gasteiger partial charge on any atom is -0.339 e. The molecule has 0 saturated heterocycles. The number of hydrogen-bond donors (Lipinski definition) is 2. The molecular formula is C12H26N2O2. The largest absolute Gasteiger partial charge is 0.340 e. The average molecular weight is 230 g/mol. The van der Waals surface area contributed by atoms with Crippen molar-refractivity contribution in [2.75, 3.05) is 13.6 Å². The smallest absolute Gasteiger partial charge is 0.339 e. The first-order valence-electron chi connectivity index (χ1n) is 6.40. The van der Waals surface area contributed by atoms with Crippen LogP contribution >= 0.6 is 0 Å². The summed E-state index contributed by atoms with van der Waals surface area (Å²) in [7, 11) is 1.51. The van der Waals surface area contributed by atoms with E-state index in [1.807, 2.05) is 0 Å². The van der Waals surface area contributed by atoms with Crippen molar-refractivity contribution in [3.05, 3.63) is 0 Å². The van der Waals surface area contributed by atoms with Crippen molar-refractivity contribution in [2.24, 2.45) is 0 Å². The van der Waals surface area contributed by atoms with E-state index < -0.39 is 6.03 Å². The fourth-order valence-corrected chi connectivity index (χ4v) is 1.63. The molecule has 0 aliphatic heterocycles. The van der Waals surface area contributed by atoms with Gasteiger partial charge in [-0.05, 0) is 6.42 Å². The molecule has 0 aromatic rings. The number of amides is 2. The first-order chi connectivity index (χ1) is 7.72. The van der Waals surface area contributed by atoms with Crippen LogP contribution in [-0.2, 0) is 0 Å². The minimum atomic E-state index is -0.428. The van der Waals surface area contributed by atoms with Crippen LogP contribution in [0.1, 0.15) is 58.3 Å². The Kier molecular flexibility index (Phi) is 10.2. The van der Waals surface area contributed by atoms with Gasteiger partial charge in [0.05, 0.1) is 6.54 Å². The number of carbonyl (C=O) groups excluding carboxylic acids is 1. The Morgan fingerprint density at radius 2 is 1.56 bits per heavy atom. The van der Waals surface area contributed by atoms with Crippen molar-refractivity contribution in [3.8, 4) is 0 Å². The Hall–Kier alpha value is -0.770. The molecule has 16 heavy (non-hydrogen) atoms. The molecule has 0 bridgehead atoms. The van der Waals surface area contributed by atoms with Gasteiger partial charge in [0.15, 0.2) is 0 Å². The maximum absolute atomic E-state index is 10.9. The third kappa shape index (κ3) is 8.53. The molecule has 0 saturated carbocycles. The van der Waals surface area contributed by atoms with Gasteiger partial charge in [0.1, 0.15) is 0 Å². The van der Waals surface area contributed by atoms with E-state index in [1.165, 1.54) is 45.6 Å². The summed E-state index contributed by atoms with van der Waals surface area (Å²) in [5.74, 6) is 0. The molecule has 2 amide bonds. The highest BCUT2D eigenvalue weighted by Crippen LogP contribution is 2.08. The Morgan fingerprint density at radius 1 is 1.06 bits per heavy atom. The Balaban J connectivity index is 3.17. The molecule has 0 rings (SSSR count). The molecule has 4 heteroatoms. The third-order valence-corrected chi connectivity index (χ3v) is 2.67. The molecule has 0 aromatic heterocycles. The summed E-state index contributed by atoms with van der Waals surface area (Å²) in [6, 6.07) is -0.428. The highest BCUT2D eigenvalue weighted by molar-refractivity contribution is 5.72. The molecule has 0 aliphatic carbocycles. The van der Waals surface area contributed by atoms with Crippen LogP contribution in [-0.4, -0.2) is 29.9 Å². The van der Waals surface area contributed by atoms with Gasteiger partial charge >= 0.3 is 6.03 Å². The van der Waals surface area contributed by atoms with Crippen molar-refractivity contribution < 1.29 is 10.0 Å². The number of hydrogen-bond acceptors (Lipinski definition) is 2. The van der Waals surface area contributed by atoms with Crippen LogP contribution in [0.25, 0.3) is 0 Å². The van der Waals surface area contributed by atoms with E-state index in [-0.39, 0.29) is 0 Å². The second-order valence-corrected chi connectivity index (χ2v) is 4.15. The number of hydroxylamine groups is 2. The van der Waals surface area contributed by atoms with Crippen LogP contribution in [0.3, 0.4) is 0 Å². The highest BCUT2D eigenvalue weighted by atomic mass is 16.5. The highest BCUT2D eigenvalue weighted by Gasteiger charge is 2.06. The summed E-state index contributed by atoms with van der Waals surface area (Å²) < 4.78 is 0. The molecule has 0 spiro atoms. The van der Waals surface area contributed by atoms with Gasteiger partial charge in [-0.25, -0.2) is 9.86 Å². The summed E-state index contributed by atoms with van der Waals surface area (Å²) in [4.78, 5) is 10.9.